The zero-order valence-corrected chi connectivity index (χ0v) is 15.5. The van der Waals surface area contributed by atoms with Crippen molar-refractivity contribution in [3.05, 3.63) is 17.5 Å². The molecule has 24 heavy (non-hydrogen) atoms. The smallest absolute Gasteiger partial charge is 0.250 e. The first-order valence-corrected chi connectivity index (χ1v) is 10.9. The second kappa shape index (κ2) is 7.51. The van der Waals surface area contributed by atoms with Crippen LogP contribution in [0.4, 0.5) is 0 Å². The molecule has 1 aromatic heterocycles. The molecule has 0 radical (unpaired) electrons. The molecule has 0 spiro atoms. The number of amides is 1. The van der Waals surface area contributed by atoms with Crippen LogP contribution in [-0.4, -0.2) is 50.9 Å². The number of sulfonamides is 1. The predicted octanol–water partition coefficient (Wildman–Crippen LogP) is 1.41. The second-order valence-electron chi connectivity index (χ2n) is 6.73. The molecule has 1 aliphatic carbocycles. The van der Waals surface area contributed by atoms with Crippen LogP contribution in [0.5, 0.6) is 0 Å². The van der Waals surface area contributed by atoms with Gasteiger partial charge in [-0.15, -0.1) is 11.3 Å². The highest BCUT2D eigenvalue weighted by Crippen LogP contribution is 2.28. The summed E-state index contributed by atoms with van der Waals surface area (Å²) in [4.78, 5) is 14.3. The van der Waals surface area contributed by atoms with Gasteiger partial charge in [-0.1, -0.05) is 6.07 Å². The molecule has 1 unspecified atom stereocenters. The Morgan fingerprint density at radius 3 is 2.62 bits per heavy atom. The van der Waals surface area contributed by atoms with E-state index < -0.39 is 16.1 Å². The van der Waals surface area contributed by atoms with E-state index in [2.05, 4.69) is 10.0 Å². The average molecular weight is 372 g/mol. The minimum Gasteiger partial charge on any atom is -0.341 e. The number of hydrogen-bond acceptors (Lipinski definition) is 5. The third-order valence-corrected chi connectivity index (χ3v) is 7.60. The van der Waals surface area contributed by atoms with Crippen LogP contribution in [0.1, 0.15) is 32.6 Å². The van der Waals surface area contributed by atoms with Gasteiger partial charge in [0.25, 0.3) is 10.0 Å². The van der Waals surface area contributed by atoms with Crippen LogP contribution in [0.3, 0.4) is 0 Å². The fourth-order valence-electron chi connectivity index (χ4n) is 2.99. The molecule has 3 rings (SSSR count). The third kappa shape index (κ3) is 4.56. The van der Waals surface area contributed by atoms with Crippen LogP contribution < -0.4 is 10.0 Å². The Kier molecular flexibility index (Phi) is 5.59. The lowest BCUT2D eigenvalue weighted by Gasteiger charge is -2.34. The zero-order valence-electron chi connectivity index (χ0n) is 13.9. The van der Waals surface area contributed by atoms with Gasteiger partial charge in [-0.3, -0.25) is 4.79 Å². The summed E-state index contributed by atoms with van der Waals surface area (Å²) in [5.41, 5.74) is 0. The van der Waals surface area contributed by atoms with Gasteiger partial charge in [0.1, 0.15) is 4.21 Å². The minimum absolute atomic E-state index is 0.143. The number of carbonyl (C=O) groups is 1. The number of nitrogens with zero attached hydrogens (tertiary/aromatic N) is 1. The average Bonchev–Trinajstić information content (AvgIpc) is 3.22. The third-order valence-electron chi connectivity index (χ3n) is 4.66. The number of nitrogens with one attached hydrogen (secondary N) is 2. The lowest BCUT2D eigenvalue weighted by Crippen LogP contribution is -2.51. The summed E-state index contributed by atoms with van der Waals surface area (Å²) in [6, 6.07) is 2.97. The van der Waals surface area contributed by atoms with Crippen LogP contribution >= 0.6 is 11.3 Å². The van der Waals surface area contributed by atoms with E-state index in [-0.39, 0.29) is 10.1 Å². The molecule has 2 N–H and O–H groups in total. The van der Waals surface area contributed by atoms with Crippen LogP contribution in [0.15, 0.2) is 21.7 Å². The van der Waals surface area contributed by atoms with E-state index in [9.17, 15) is 13.2 Å². The Bertz CT molecular complexity index is 648. The molecule has 1 saturated carbocycles. The van der Waals surface area contributed by atoms with Crippen molar-refractivity contribution in [2.75, 3.05) is 19.6 Å². The van der Waals surface area contributed by atoms with Crippen LogP contribution in [0.25, 0.3) is 0 Å². The number of rotatable bonds is 7. The standard InChI is InChI=1S/C16H25N3O3S2/c1-12(18-24(21,22)15-3-2-10-23-15)16(20)19-8-6-14(7-9-19)17-11-13-4-5-13/h2-3,10,12-14,17-18H,4-9,11H2,1H3. The van der Waals surface area contributed by atoms with Gasteiger partial charge in [-0.05, 0) is 56.5 Å². The van der Waals surface area contributed by atoms with Crippen molar-refractivity contribution < 1.29 is 13.2 Å². The summed E-state index contributed by atoms with van der Waals surface area (Å²) in [7, 11) is -3.61. The van der Waals surface area contributed by atoms with Gasteiger partial charge >= 0.3 is 0 Å². The molecule has 134 valence electrons. The summed E-state index contributed by atoms with van der Waals surface area (Å²) in [6.07, 6.45) is 4.55. The lowest BCUT2D eigenvalue weighted by atomic mass is 10.0. The van der Waals surface area contributed by atoms with Crippen molar-refractivity contribution in [2.24, 2.45) is 5.92 Å². The van der Waals surface area contributed by atoms with Gasteiger partial charge < -0.3 is 10.2 Å². The highest BCUT2D eigenvalue weighted by Gasteiger charge is 2.30. The summed E-state index contributed by atoms with van der Waals surface area (Å²) < 4.78 is 27.2. The van der Waals surface area contributed by atoms with Gasteiger partial charge in [0.05, 0.1) is 6.04 Å². The minimum atomic E-state index is -3.61. The maximum atomic E-state index is 12.5. The fraction of sp³-hybridized carbons (Fsp3) is 0.688. The Hall–Kier alpha value is -0.960. The number of thiophene rings is 1. The van der Waals surface area contributed by atoms with E-state index in [1.807, 2.05) is 0 Å². The highest BCUT2D eigenvalue weighted by atomic mass is 32.2. The summed E-state index contributed by atoms with van der Waals surface area (Å²) in [6.45, 7) is 4.08. The maximum absolute atomic E-state index is 12.5. The summed E-state index contributed by atoms with van der Waals surface area (Å²) >= 11 is 1.15. The van der Waals surface area contributed by atoms with E-state index in [0.717, 1.165) is 36.6 Å². The molecule has 2 heterocycles. The SMILES string of the molecule is CC(NS(=O)(=O)c1cccs1)C(=O)N1CCC(NCC2CC2)CC1. The molecule has 0 aromatic carbocycles. The molecule has 1 aromatic rings. The molecule has 2 aliphatic rings. The Balaban J connectivity index is 1.47. The first-order valence-electron chi connectivity index (χ1n) is 8.54. The quantitative estimate of drug-likeness (QED) is 0.760. The topological polar surface area (TPSA) is 78.5 Å². The first-order chi connectivity index (χ1) is 11.5. The molecule has 1 atom stereocenters. The molecule has 1 aliphatic heterocycles. The van der Waals surface area contributed by atoms with Crippen LogP contribution in [-0.2, 0) is 14.8 Å². The molecule has 6 nitrogen and oxygen atoms in total. The van der Waals surface area contributed by atoms with Gasteiger partial charge in [-0.25, -0.2) is 8.42 Å². The van der Waals surface area contributed by atoms with Crippen molar-refractivity contribution >= 4 is 27.3 Å². The molecule has 0 bridgehead atoms. The number of piperidine rings is 1. The molecule has 1 amide bonds. The maximum Gasteiger partial charge on any atom is 0.250 e. The zero-order chi connectivity index (χ0) is 17.2. The van der Waals surface area contributed by atoms with Crippen LogP contribution in [0, 0.1) is 5.92 Å². The van der Waals surface area contributed by atoms with Gasteiger partial charge in [-0.2, -0.15) is 4.72 Å². The number of carbonyl (C=O) groups excluding carboxylic acids is 1. The van der Waals surface area contributed by atoms with Crippen molar-refractivity contribution in [3.8, 4) is 0 Å². The van der Waals surface area contributed by atoms with E-state index in [4.69, 9.17) is 0 Å². The van der Waals surface area contributed by atoms with Gasteiger partial charge in [0.2, 0.25) is 5.91 Å². The second-order valence-corrected chi connectivity index (χ2v) is 9.61. The molecule has 8 heteroatoms. The van der Waals surface area contributed by atoms with Gasteiger partial charge in [0.15, 0.2) is 0 Å². The number of hydrogen-bond donors (Lipinski definition) is 2. The Morgan fingerprint density at radius 1 is 1.33 bits per heavy atom. The molecule has 2 fully saturated rings. The monoisotopic (exact) mass is 371 g/mol. The van der Waals surface area contributed by atoms with Crippen molar-refractivity contribution in [1.29, 1.82) is 0 Å². The molecule has 1 saturated heterocycles. The molecular formula is C16H25N3O3S2. The van der Waals surface area contributed by atoms with E-state index in [1.165, 1.54) is 12.8 Å². The van der Waals surface area contributed by atoms with Crippen molar-refractivity contribution in [3.63, 3.8) is 0 Å². The largest absolute Gasteiger partial charge is 0.341 e. The van der Waals surface area contributed by atoms with Crippen molar-refractivity contribution in [2.45, 2.75) is 48.9 Å². The predicted molar refractivity (Wildman–Crippen MR) is 94.4 cm³/mol. The van der Waals surface area contributed by atoms with Crippen molar-refractivity contribution in [1.82, 2.24) is 14.9 Å². The normalized spacial score (nSPS) is 21.0. The molecular weight excluding hydrogens is 346 g/mol. The highest BCUT2D eigenvalue weighted by molar-refractivity contribution is 7.91. The Labute approximate surface area is 147 Å². The fourth-order valence-corrected chi connectivity index (χ4v) is 5.20. The van der Waals surface area contributed by atoms with Gasteiger partial charge in [0, 0.05) is 19.1 Å². The van der Waals surface area contributed by atoms with E-state index in [0.29, 0.717) is 19.1 Å². The lowest BCUT2D eigenvalue weighted by molar-refractivity contribution is -0.133. The summed E-state index contributed by atoms with van der Waals surface area (Å²) in [5, 5.41) is 5.29. The first kappa shape index (κ1) is 17.8. The number of likely N-dealkylation sites (tertiary alicyclic amines) is 1. The summed E-state index contributed by atoms with van der Waals surface area (Å²) in [5.74, 6) is 0.715. The van der Waals surface area contributed by atoms with E-state index in [1.54, 1.807) is 29.3 Å². The van der Waals surface area contributed by atoms with Crippen LogP contribution in [0.2, 0.25) is 0 Å². The van der Waals surface area contributed by atoms with E-state index >= 15 is 0 Å². The Morgan fingerprint density at radius 2 is 2.04 bits per heavy atom.